The SMILES string of the molecule is Cc1ccc(C(NC(=O)OC(C)(C)C)C(=O)c2ccc(O[Si](C)(C)C(C)(C)C)cc2)cc1F. The number of amides is 1. The molecule has 2 aromatic rings. The fraction of sp³-hybridized carbons (Fsp3) is 0.462. The number of hydrogen-bond donors (Lipinski definition) is 1. The highest BCUT2D eigenvalue weighted by atomic mass is 28.4. The molecule has 0 aromatic heterocycles. The molecule has 7 heteroatoms. The summed E-state index contributed by atoms with van der Waals surface area (Å²) in [6.07, 6.45) is -0.750. The Morgan fingerprint density at radius 3 is 2.03 bits per heavy atom. The maximum Gasteiger partial charge on any atom is 0.408 e. The third-order valence-electron chi connectivity index (χ3n) is 5.77. The topological polar surface area (TPSA) is 64.6 Å². The molecule has 0 bridgehead atoms. The summed E-state index contributed by atoms with van der Waals surface area (Å²) in [5.41, 5.74) is 0.434. The number of halogens is 1. The summed E-state index contributed by atoms with van der Waals surface area (Å²) in [6.45, 7) is 17.6. The second-order valence-corrected chi connectivity index (χ2v) is 15.6. The molecule has 0 radical (unpaired) electrons. The number of hydrogen-bond acceptors (Lipinski definition) is 4. The van der Waals surface area contributed by atoms with Crippen LogP contribution in [0, 0.1) is 12.7 Å². The number of benzene rings is 2. The van der Waals surface area contributed by atoms with Crippen molar-refractivity contribution in [1.82, 2.24) is 5.32 Å². The van der Waals surface area contributed by atoms with Crippen LogP contribution in [0.1, 0.15) is 69.1 Å². The van der Waals surface area contributed by atoms with E-state index in [4.69, 9.17) is 9.16 Å². The van der Waals surface area contributed by atoms with Crippen molar-refractivity contribution in [2.75, 3.05) is 0 Å². The number of carbonyl (C=O) groups is 2. The van der Waals surface area contributed by atoms with Crippen LogP contribution in [0.15, 0.2) is 42.5 Å². The molecule has 180 valence electrons. The zero-order valence-electron chi connectivity index (χ0n) is 21.1. The number of aryl methyl sites for hydroxylation is 1. The van der Waals surface area contributed by atoms with Gasteiger partial charge < -0.3 is 14.5 Å². The standard InChI is InChI=1S/C26H36FNO4Si/c1-17-10-11-19(16-21(17)27)22(28-24(30)31-25(2,3)4)23(29)18-12-14-20(15-13-18)32-33(8,9)26(5,6)7/h10-16,22H,1-9H3,(H,28,30). The van der Waals surface area contributed by atoms with Crippen LogP contribution in [0.25, 0.3) is 0 Å². The molecule has 0 heterocycles. The molecule has 33 heavy (non-hydrogen) atoms. The summed E-state index contributed by atoms with van der Waals surface area (Å²) in [5.74, 6) is -0.131. The van der Waals surface area contributed by atoms with Crippen LogP contribution in [0.2, 0.25) is 18.1 Å². The van der Waals surface area contributed by atoms with Crippen molar-refractivity contribution < 1.29 is 23.1 Å². The Balaban J connectivity index is 2.33. The van der Waals surface area contributed by atoms with Crippen LogP contribution in [0.3, 0.4) is 0 Å². The van der Waals surface area contributed by atoms with Gasteiger partial charge in [0.15, 0.2) is 5.78 Å². The van der Waals surface area contributed by atoms with Gasteiger partial charge in [-0.15, -0.1) is 0 Å². The molecule has 2 rings (SSSR count). The Bertz CT molecular complexity index is 1000. The number of rotatable bonds is 6. The molecule has 0 aliphatic heterocycles. The van der Waals surface area contributed by atoms with Crippen molar-refractivity contribution in [3.05, 3.63) is 65.0 Å². The lowest BCUT2D eigenvalue weighted by molar-refractivity contribution is 0.0490. The molecular weight excluding hydrogens is 437 g/mol. The molecule has 0 aliphatic rings. The molecule has 5 nitrogen and oxygen atoms in total. The Kier molecular flexibility index (Phi) is 7.79. The Morgan fingerprint density at radius 1 is 0.970 bits per heavy atom. The third kappa shape index (κ3) is 7.15. The lowest BCUT2D eigenvalue weighted by Crippen LogP contribution is -2.43. The van der Waals surface area contributed by atoms with Crippen molar-refractivity contribution in [3.63, 3.8) is 0 Å². The van der Waals surface area contributed by atoms with Gasteiger partial charge in [-0.25, -0.2) is 9.18 Å². The van der Waals surface area contributed by atoms with Gasteiger partial charge in [0.25, 0.3) is 0 Å². The van der Waals surface area contributed by atoms with Gasteiger partial charge in [-0.1, -0.05) is 32.9 Å². The highest BCUT2D eigenvalue weighted by Gasteiger charge is 2.39. The van der Waals surface area contributed by atoms with Crippen molar-refractivity contribution in [2.45, 2.75) is 78.2 Å². The third-order valence-corrected chi connectivity index (χ3v) is 10.1. The first-order valence-corrected chi connectivity index (χ1v) is 14.0. The van der Waals surface area contributed by atoms with Crippen LogP contribution in [0.5, 0.6) is 5.75 Å². The van der Waals surface area contributed by atoms with Crippen molar-refractivity contribution in [1.29, 1.82) is 0 Å². The monoisotopic (exact) mass is 473 g/mol. The molecule has 1 unspecified atom stereocenters. The van der Waals surface area contributed by atoms with E-state index in [-0.39, 0.29) is 10.8 Å². The molecule has 0 spiro atoms. The lowest BCUT2D eigenvalue weighted by Gasteiger charge is -2.36. The molecule has 1 N–H and O–H groups in total. The van der Waals surface area contributed by atoms with E-state index in [9.17, 15) is 14.0 Å². The molecule has 1 amide bonds. The van der Waals surface area contributed by atoms with Crippen LogP contribution < -0.4 is 9.74 Å². The van der Waals surface area contributed by atoms with Gasteiger partial charge >= 0.3 is 6.09 Å². The summed E-state index contributed by atoms with van der Waals surface area (Å²) in [6, 6.07) is 10.2. The maximum absolute atomic E-state index is 14.3. The van der Waals surface area contributed by atoms with Gasteiger partial charge in [0.1, 0.15) is 23.2 Å². The average molecular weight is 474 g/mol. The summed E-state index contributed by atoms with van der Waals surface area (Å²) >= 11 is 0. The Labute approximate surface area is 197 Å². The zero-order valence-corrected chi connectivity index (χ0v) is 22.1. The minimum atomic E-state index is -2.02. The summed E-state index contributed by atoms with van der Waals surface area (Å²) < 4.78 is 25.9. The molecule has 0 fully saturated rings. The molecule has 2 aromatic carbocycles. The van der Waals surface area contributed by atoms with Gasteiger partial charge in [0.05, 0.1) is 0 Å². The number of alkyl carbamates (subject to hydrolysis) is 1. The number of ketones is 1. The van der Waals surface area contributed by atoms with E-state index in [1.54, 1.807) is 64.1 Å². The second-order valence-electron chi connectivity index (χ2n) is 10.8. The van der Waals surface area contributed by atoms with Gasteiger partial charge in [-0.3, -0.25) is 4.79 Å². The number of Topliss-reactive ketones (excluding diaryl/α,β-unsaturated/α-hetero) is 1. The number of carbonyl (C=O) groups excluding carboxylic acids is 2. The average Bonchev–Trinajstić information content (AvgIpc) is 2.66. The van der Waals surface area contributed by atoms with Crippen LogP contribution in [0.4, 0.5) is 9.18 Å². The smallest absolute Gasteiger partial charge is 0.408 e. The fourth-order valence-corrected chi connectivity index (χ4v) is 3.85. The van der Waals surface area contributed by atoms with E-state index in [1.165, 1.54) is 6.07 Å². The number of nitrogens with one attached hydrogen (secondary N) is 1. The van der Waals surface area contributed by atoms with Gasteiger partial charge in [0, 0.05) is 5.56 Å². The summed E-state index contributed by atoms with van der Waals surface area (Å²) in [7, 11) is -2.02. The van der Waals surface area contributed by atoms with E-state index in [2.05, 4.69) is 39.2 Å². The highest BCUT2D eigenvalue weighted by Crippen LogP contribution is 2.37. The van der Waals surface area contributed by atoms with Crippen molar-refractivity contribution in [2.24, 2.45) is 0 Å². The van der Waals surface area contributed by atoms with Gasteiger partial charge in [0.2, 0.25) is 8.32 Å². The molecule has 0 saturated heterocycles. The van der Waals surface area contributed by atoms with E-state index in [0.717, 1.165) is 0 Å². The minimum Gasteiger partial charge on any atom is -0.544 e. The largest absolute Gasteiger partial charge is 0.544 e. The molecule has 1 atom stereocenters. The van der Waals surface area contributed by atoms with Gasteiger partial charge in [-0.05, 0) is 87.3 Å². The normalized spacial score (nSPS) is 13.3. The van der Waals surface area contributed by atoms with E-state index >= 15 is 0 Å². The molecule has 0 saturated carbocycles. The predicted octanol–water partition coefficient (Wildman–Crippen LogP) is 6.97. The van der Waals surface area contributed by atoms with Crippen LogP contribution in [-0.4, -0.2) is 25.8 Å². The second kappa shape index (κ2) is 9.67. The fourth-order valence-electron chi connectivity index (χ4n) is 2.82. The zero-order chi connectivity index (χ0) is 25.2. The van der Waals surface area contributed by atoms with Crippen LogP contribution >= 0.6 is 0 Å². The summed E-state index contributed by atoms with van der Waals surface area (Å²) in [5, 5.41) is 2.65. The summed E-state index contributed by atoms with van der Waals surface area (Å²) in [4.78, 5) is 25.8. The van der Waals surface area contributed by atoms with E-state index < -0.39 is 31.9 Å². The quantitative estimate of drug-likeness (QED) is 0.363. The van der Waals surface area contributed by atoms with Crippen LogP contribution in [-0.2, 0) is 4.74 Å². The first-order valence-electron chi connectivity index (χ1n) is 11.1. The predicted molar refractivity (Wildman–Crippen MR) is 132 cm³/mol. The minimum absolute atomic E-state index is 0.0411. The van der Waals surface area contributed by atoms with Crippen molar-refractivity contribution in [3.8, 4) is 5.75 Å². The maximum atomic E-state index is 14.3. The first kappa shape index (κ1) is 26.6. The van der Waals surface area contributed by atoms with Crippen molar-refractivity contribution >= 4 is 20.2 Å². The highest BCUT2D eigenvalue weighted by molar-refractivity contribution is 6.74. The molecule has 0 aliphatic carbocycles. The lowest BCUT2D eigenvalue weighted by atomic mass is 9.96. The molecular formula is C26H36FNO4Si. The van der Waals surface area contributed by atoms with E-state index in [0.29, 0.717) is 22.4 Å². The first-order chi connectivity index (χ1) is 15.0. The van der Waals surface area contributed by atoms with Gasteiger partial charge in [-0.2, -0.15) is 0 Å². The number of ether oxygens (including phenoxy) is 1. The Morgan fingerprint density at radius 2 is 1.55 bits per heavy atom. The Hall–Kier alpha value is -2.67. The van der Waals surface area contributed by atoms with E-state index in [1.807, 2.05) is 0 Å².